The van der Waals surface area contributed by atoms with Crippen LogP contribution in [0, 0.1) is 0 Å². The molecule has 1 aliphatic carbocycles. The number of hydrogen-bond donors (Lipinski definition) is 2. The van der Waals surface area contributed by atoms with Gasteiger partial charge in [0.15, 0.2) is 4.90 Å². The molecule has 1 amide bonds. The molecule has 0 bridgehead atoms. The maximum atomic E-state index is 14.0. The molecular weight excluding hydrogens is 582 g/mol. The van der Waals surface area contributed by atoms with Crippen LogP contribution in [0.3, 0.4) is 0 Å². The quantitative estimate of drug-likeness (QED) is 0.235. The lowest BCUT2D eigenvalue weighted by Crippen LogP contribution is -2.29. The van der Waals surface area contributed by atoms with E-state index in [1.54, 1.807) is 30.3 Å². The van der Waals surface area contributed by atoms with E-state index in [0.717, 1.165) is 40.5 Å². The number of nitrogens with zero attached hydrogens (tertiary/aromatic N) is 2. The van der Waals surface area contributed by atoms with Gasteiger partial charge in [-0.05, 0) is 60.2 Å². The van der Waals surface area contributed by atoms with Crippen molar-refractivity contribution < 1.29 is 27.8 Å². The number of aryl methyl sites for hydroxylation is 1. The molecule has 4 aromatic rings. The molecule has 0 radical (unpaired) electrons. The zero-order valence-electron chi connectivity index (χ0n) is 24.9. The van der Waals surface area contributed by atoms with Gasteiger partial charge in [0, 0.05) is 12.5 Å². The van der Waals surface area contributed by atoms with E-state index in [1.165, 1.54) is 26.4 Å². The van der Waals surface area contributed by atoms with Crippen molar-refractivity contribution >= 4 is 15.7 Å². The van der Waals surface area contributed by atoms with Crippen molar-refractivity contribution in [1.29, 1.82) is 0 Å². The summed E-state index contributed by atoms with van der Waals surface area (Å²) in [5.74, 6) is -0.136. The highest BCUT2D eigenvalue weighted by atomic mass is 32.2. The Balaban J connectivity index is 1.51. The number of sulfone groups is 1. The van der Waals surface area contributed by atoms with Crippen LogP contribution >= 0.6 is 0 Å². The molecule has 1 fully saturated rings. The first kappa shape index (κ1) is 30.8. The van der Waals surface area contributed by atoms with Gasteiger partial charge in [0.1, 0.15) is 23.0 Å². The number of nitrogens with one attached hydrogen (secondary N) is 1. The van der Waals surface area contributed by atoms with E-state index in [2.05, 4.69) is 10.3 Å². The summed E-state index contributed by atoms with van der Waals surface area (Å²) in [4.78, 5) is 29.3. The summed E-state index contributed by atoms with van der Waals surface area (Å²) in [7, 11) is -1.64. The Morgan fingerprint density at radius 1 is 0.977 bits per heavy atom. The van der Waals surface area contributed by atoms with E-state index in [0.29, 0.717) is 25.3 Å². The molecule has 0 aliphatic heterocycles. The topological polar surface area (TPSA) is 137 Å². The van der Waals surface area contributed by atoms with Gasteiger partial charge >= 0.3 is 0 Å². The molecule has 2 N–H and O–H groups in total. The van der Waals surface area contributed by atoms with Crippen LogP contribution in [-0.4, -0.2) is 49.2 Å². The lowest BCUT2D eigenvalue weighted by molar-refractivity contribution is -0.120. The van der Waals surface area contributed by atoms with Crippen LogP contribution in [0.5, 0.6) is 17.4 Å². The van der Waals surface area contributed by atoms with Gasteiger partial charge in [-0.1, -0.05) is 55.8 Å². The van der Waals surface area contributed by atoms with Crippen molar-refractivity contribution in [3.63, 3.8) is 0 Å². The molecule has 10 nitrogen and oxygen atoms in total. The number of unbranched alkanes of at least 4 members (excludes halogenated alkanes) is 1. The largest absolute Gasteiger partial charge is 0.494 e. The van der Waals surface area contributed by atoms with Gasteiger partial charge in [0.2, 0.25) is 21.6 Å². The van der Waals surface area contributed by atoms with E-state index in [9.17, 15) is 23.1 Å². The zero-order chi connectivity index (χ0) is 31.4. The summed E-state index contributed by atoms with van der Waals surface area (Å²) in [5.41, 5.74) is 1.68. The van der Waals surface area contributed by atoms with E-state index < -0.39 is 26.2 Å². The predicted molar refractivity (Wildman–Crippen MR) is 165 cm³/mol. The summed E-state index contributed by atoms with van der Waals surface area (Å²) in [6.45, 7) is 1.97. The summed E-state index contributed by atoms with van der Waals surface area (Å²) in [5, 5.41) is 13.8. The molecule has 1 aliphatic rings. The summed E-state index contributed by atoms with van der Waals surface area (Å²) in [6.07, 6.45) is 4.09. The second kappa shape index (κ2) is 12.9. The van der Waals surface area contributed by atoms with Crippen LogP contribution in [0.1, 0.15) is 44.0 Å². The highest BCUT2D eigenvalue weighted by Gasteiger charge is 2.31. The molecule has 0 spiro atoms. The number of carbonyl (C=O) groups is 1. The molecule has 1 heterocycles. The maximum absolute atomic E-state index is 14.0. The molecule has 1 aromatic heterocycles. The van der Waals surface area contributed by atoms with Gasteiger partial charge in [-0.25, -0.2) is 8.42 Å². The smallest absolute Gasteiger partial charge is 0.281 e. The minimum absolute atomic E-state index is 0.00540. The van der Waals surface area contributed by atoms with Crippen molar-refractivity contribution in [3.8, 4) is 34.2 Å². The van der Waals surface area contributed by atoms with Crippen molar-refractivity contribution in [3.05, 3.63) is 88.5 Å². The first-order valence-electron chi connectivity index (χ1n) is 14.5. The third kappa shape index (κ3) is 6.33. The van der Waals surface area contributed by atoms with E-state index >= 15 is 0 Å². The van der Waals surface area contributed by atoms with Gasteiger partial charge in [-0.2, -0.15) is 4.98 Å². The van der Waals surface area contributed by atoms with Crippen LogP contribution in [-0.2, 0) is 27.5 Å². The lowest BCUT2D eigenvalue weighted by atomic mass is 10.0. The van der Waals surface area contributed by atoms with Crippen molar-refractivity contribution in [2.75, 3.05) is 14.2 Å². The van der Waals surface area contributed by atoms with Gasteiger partial charge in [0.05, 0.1) is 25.5 Å². The van der Waals surface area contributed by atoms with Crippen LogP contribution in [0.2, 0.25) is 0 Å². The molecule has 11 heteroatoms. The normalized spacial score (nSPS) is 13.0. The molecule has 0 atom stereocenters. The number of hydrogen-bond acceptors (Lipinski definition) is 8. The van der Waals surface area contributed by atoms with E-state index in [4.69, 9.17) is 9.47 Å². The first-order valence-corrected chi connectivity index (χ1v) is 16.0. The molecule has 0 unspecified atom stereocenters. The number of rotatable bonds is 12. The highest BCUT2D eigenvalue weighted by Crippen LogP contribution is 2.34. The number of methoxy groups -OCH3 is 2. The Bertz CT molecular complexity index is 1810. The molecule has 1 saturated carbocycles. The molecule has 3 aromatic carbocycles. The number of aromatic hydroxyl groups is 1. The first-order chi connectivity index (χ1) is 21.2. The Hall–Kier alpha value is -4.64. The molecule has 44 heavy (non-hydrogen) atoms. The van der Waals surface area contributed by atoms with Crippen LogP contribution in [0.25, 0.3) is 16.8 Å². The SMILES string of the molecule is CCCCc1nc(O)c(S(=O)(=O)c2ccc(-c3ccc(CC(=O)NC4CC4)cc3)cc2)c(=O)n1-c1c(OC)cccc1OC. The van der Waals surface area contributed by atoms with Gasteiger partial charge in [-0.3, -0.25) is 14.2 Å². The Labute approximate surface area is 256 Å². The molecular formula is C33H35N3O7S. The fraction of sp³-hybridized carbons (Fsp3) is 0.303. The van der Waals surface area contributed by atoms with Crippen molar-refractivity contribution in [1.82, 2.24) is 14.9 Å². The number of amides is 1. The molecule has 5 rings (SSSR count). The van der Waals surface area contributed by atoms with Crippen LogP contribution in [0.15, 0.2) is 81.3 Å². The Kier molecular flexibility index (Phi) is 9.05. The number of carbonyl (C=O) groups excluding carboxylic acids is 1. The molecule has 0 saturated heterocycles. The maximum Gasteiger partial charge on any atom is 0.281 e. The van der Waals surface area contributed by atoms with Crippen molar-refractivity contribution in [2.24, 2.45) is 0 Å². The lowest BCUT2D eigenvalue weighted by Gasteiger charge is -2.19. The van der Waals surface area contributed by atoms with E-state index in [-0.39, 0.29) is 33.8 Å². The van der Waals surface area contributed by atoms with Crippen LogP contribution < -0.4 is 20.3 Å². The van der Waals surface area contributed by atoms with Gasteiger partial charge in [0.25, 0.3) is 5.56 Å². The highest BCUT2D eigenvalue weighted by molar-refractivity contribution is 7.91. The zero-order valence-corrected chi connectivity index (χ0v) is 25.7. The van der Waals surface area contributed by atoms with Gasteiger partial charge in [-0.15, -0.1) is 0 Å². The Morgan fingerprint density at radius 2 is 1.57 bits per heavy atom. The second-order valence-corrected chi connectivity index (χ2v) is 12.6. The summed E-state index contributed by atoms with van der Waals surface area (Å²) < 4.78 is 39.9. The second-order valence-electron chi connectivity index (χ2n) is 10.7. The predicted octanol–water partition coefficient (Wildman–Crippen LogP) is 4.62. The number of aromatic nitrogens is 2. The fourth-order valence-electron chi connectivity index (χ4n) is 5.01. The van der Waals surface area contributed by atoms with Gasteiger partial charge < -0.3 is 19.9 Å². The van der Waals surface area contributed by atoms with Crippen molar-refractivity contribution in [2.45, 2.75) is 61.3 Å². The summed E-state index contributed by atoms with van der Waals surface area (Å²) >= 11 is 0. The van der Waals surface area contributed by atoms with E-state index in [1.807, 2.05) is 31.2 Å². The average Bonchev–Trinajstić information content (AvgIpc) is 3.83. The summed E-state index contributed by atoms with van der Waals surface area (Å²) in [6, 6.07) is 18.7. The minimum Gasteiger partial charge on any atom is -0.494 e. The Morgan fingerprint density at radius 3 is 2.11 bits per heavy atom. The number of ether oxygens (including phenoxy) is 2. The van der Waals surface area contributed by atoms with Crippen LogP contribution in [0.4, 0.5) is 0 Å². The standard InChI is InChI=1S/C33H35N3O7S/c1-4-5-9-28-35-32(38)31(33(39)36(28)30-26(42-2)7-6-8-27(30)43-3)44(40,41)25-18-14-23(15-19-25)22-12-10-21(11-13-22)20-29(37)34-24-16-17-24/h6-8,10-15,18-19,24,38H,4-5,9,16-17,20H2,1-3H3,(H,34,37). The third-order valence-corrected chi connectivity index (χ3v) is 9.29. The monoisotopic (exact) mass is 617 g/mol. The minimum atomic E-state index is -4.50. The number of para-hydroxylation sites is 1. The number of benzene rings is 3. The molecule has 230 valence electrons. The average molecular weight is 618 g/mol. The fourth-order valence-corrected chi connectivity index (χ4v) is 6.35. The third-order valence-electron chi connectivity index (χ3n) is 7.50.